The van der Waals surface area contributed by atoms with Gasteiger partial charge in [-0.2, -0.15) is 0 Å². The van der Waals surface area contributed by atoms with Crippen molar-refractivity contribution in [2.24, 2.45) is 0 Å². The number of benzene rings is 1. The summed E-state index contributed by atoms with van der Waals surface area (Å²) in [5.41, 5.74) is 1.64. The second kappa shape index (κ2) is 5.73. The lowest BCUT2D eigenvalue weighted by molar-refractivity contribution is -0.137. The molecule has 2 rings (SSSR count). The first-order valence-electron chi connectivity index (χ1n) is 6.34. The summed E-state index contributed by atoms with van der Waals surface area (Å²) >= 11 is 0. The van der Waals surface area contributed by atoms with Crippen molar-refractivity contribution in [3.8, 4) is 5.75 Å². The van der Waals surface area contributed by atoms with Crippen LogP contribution < -0.4 is 10.1 Å². The van der Waals surface area contributed by atoms with Gasteiger partial charge in [-0.25, -0.2) is 0 Å². The van der Waals surface area contributed by atoms with Crippen LogP contribution in [-0.2, 0) is 11.2 Å². The zero-order chi connectivity index (χ0) is 13.8. The first-order chi connectivity index (χ1) is 9.06. The molecular formula is C14H17NO4. The predicted molar refractivity (Wildman–Crippen MR) is 69.4 cm³/mol. The van der Waals surface area contributed by atoms with Crippen LogP contribution in [0, 0.1) is 0 Å². The molecule has 0 aliphatic carbocycles. The lowest BCUT2D eigenvalue weighted by Gasteiger charge is -2.13. The summed E-state index contributed by atoms with van der Waals surface area (Å²) in [5, 5.41) is 11.4. The number of hydrogen-bond acceptors (Lipinski definition) is 3. The summed E-state index contributed by atoms with van der Waals surface area (Å²) in [7, 11) is 0. The number of rotatable bonds is 5. The molecule has 0 bridgehead atoms. The van der Waals surface area contributed by atoms with E-state index in [-0.39, 0.29) is 18.4 Å². The largest absolute Gasteiger partial charge is 0.493 e. The van der Waals surface area contributed by atoms with E-state index in [0.29, 0.717) is 18.6 Å². The van der Waals surface area contributed by atoms with Crippen LogP contribution >= 0.6 is 0 Å². The van der Waals surface area contributed by atoms with E-state index in [1.54, 1.807) is 19.1 Å². The highest BCUT2D eigenvalue weighted by molar-refractivity contribution is 5.94. The van der Waals surface area contributed by atoms with Gasteiger partial charge < -0.3 is 15.2 Å². The summed E-state index contributed by atoms with van der Waals surface area (Å²) in [6.07, 6.45) is 1.31. The Morgan fingerprint density at radius 2 is 2.26 bits per heavy atom. The Morgan fingerprint density at radius 1 is 1.47 bits per heavy atom. The number of ether oxygens (including phenoxy) is 1. The molecule has 2 N–H and O–H groups in total. The van der Waals surface area contributed by atoms with Crippen molar-refractivity contribution in [2.75, 3.05) is 6.61 Å². The van der Waals surface area contributed by atoms with Gasteiger partial charge in [0, 0.05) is 24.4 Å². The molecule has 0 saturated carbocycles. The fraction of sp³-hybridized carbons (Fsp3) is 0.429. The molecule has 0 spiro atoms. The molecule has 102 valence electrons. The van der Waals surface area contributed by atoms with Crippen molar-refractivity contribution in [1.82, 2.24) is 5.32 Å². The van der Waals surface area contributed by atoms with Gasteiger partial charge in [-0.3, -0.25) is 9.59 Å². The molecule has 1 atom stereocenters. The minimum absolute atomic E-state index is 0.0550. The minimum atomic E-state index is -0.851. The third-order valence-electron chi connectivity index (χ3n) is 3.12. The number of carbonyl (C=O) groups excluding carboxylic acids is 1. The fourth-order valence-electron chi connectivity index (χ4n) is 2.05. The Morgan fingerprint density at radius 3 is 3.00 bits per heavy atom. The van der Waals surface area contributed by atoms with Gasteiger partial charge in [-0.05, 0) is 37.1 Å². The molecule has 1 aromatic carbocycles. The number of fused-ring (bicyclic) bond motifs is 1. The molecule has 1 unspecified atom stereocenters. The summed E-state index contributed by atoms with van der Waals surface area (Å²) in [4.78, 5) is 22.5. The van der Waals surface area contributed by atoms with Gasteiger partial charge in [0.15, 0.2) is 0 Å². The van der Waals surface area contributed by atoms with Crippen LogP contribution in [0.4, 0.5) is 0 Å². The first kappa shape index (κ1) is 13.4. The van der Waals surface area contributed by atoms with Crippen molar-refractivity contribution in [3.63, 3.8) is 0 Å². The molecule has 5 heteroatoms. The molecule has 5 nitrogen and oxygen atoms in total. The van der Waals surface area contributed by atoms with Crippen LogP contribution in [0.25, 0.3) is 0 Å². The van der Waals surface area contributed by atoms with E-state index in [9.17, 15) is 9.59 Å². The Kier molecular flexibility index (Phi) is 4.04. The minimum Gasteiger partial charge on any atom is -0.493 e. The van der Waals surface area contributed by atoms with Crippen LogP contribution in [0.1, 0.15) is 35.7 Å². The third kappa shape index (κ3) is 3.47. The molecule has 1 aromatic rings. The Balaban J connectivity index is 1.94. The smallest absolute Gasteiger partial charge is 0.303 e. The number of amides is 1. The van der Waals surface area contributed by atoms with E-state index in [1.165, 1.54) is 0 Å². The molecule has 0 radical (unpaired) electrons. The maximum absolute atomic E-state index is 12.0. The van der Waals surface area contributed by atoms with Gasteiger partial charge >= 0.3 is 5.97 Å². The Hall–Kier alpha value is -2.04. The lowest BCUT2D eigenvalue weighted by atomic mass is 10.1. The maximum atomic E-state index is 12.0. The van der Waals surface area contributed by atoms with E-state index in [0.717, 1.165) is 17.7 Å². The van der Waals surface area contributed by atoms with Gasteiger partial charge in [-0.1, -0.05) is 0 Å². The molecule has 1 aliphatic heterocycles. The van der Waals surface area contributed by atoms with Crippen molar-refractivity contribution < 1.29 is 19.4 Å². The van der Waals surface area contributed by atoms with E-state index in [2.05, 4.69) is 5.32 Å². The average Bonchev–Trinajstić information content (AvgIpc) is 2.83. The highest BCUT2D eigenvalue weighted by Gasteiger charge is 2.16. The lowest BCUT2D eigenvalue weighted by Crippen LogP contribution is -2.32. The molecule has 19 heavy (non-hydrogen) atoms. The van der Waals surface area contributed by atoms with E-state index in [1.807, 2.05) is 6.07 Å². The number of nitrogens with one attached hydrogen (secondary N) is 1. The van der Waals surface area contributed by atoms with Crippen molar-refractivity contribution in [3.05, 3.63) is 29.3 Å². The highest BCUT2D eigenvalue weighted by Crippen LogP contribution is 2.25. The molecule has 0 fully saturated rings. The second-order valence-electron chi connectivity index (χ2n) is 4.73. The fourth-order valence-corrected chi connectivity index (χ4v) is 2.05. The maximum Gasteiger partial charge on any atom is 0.303 e. The number of carboxylic acid groups (broad SMARTS) is 1. The van der Waals surface area contributed by atoms with Crippen LogP contribution in [0.3, 0.4) is 0 Å². The number of carboxylic acids is 1. The zero-order valence-corrected chi connectivity index (χ0v) is 10.8. The topological polar surface area (TPSA) is 75.6 Å². The summed E-state index contributed by atoms with van der Waals surface area (Å²) < 4.78 is 5.38. The van der Waals surface area contributed by atoms with Crippen LogP contribution in [0.15, 0.2) is 18.2 Å². The summed E-state index contributed by atoms with van der Waals surface area (Å²) in [6, 6.07) is 5.21. The van der Waals surface area contributed by atoms with Crippen molar-refractivity contribution in [2.45, 2.75) is 32.2 Å². The first-order valence-corrected chi connectivity index (χ1v) is 6.34. The van der Waals surface area contributed by atoms with Crippen LogP contribution in [0.5, 0.6) is 5.75 Å². The number of aliphatic carboxylic acids is 1. The average molecular weight is 263 g/mol. The highest BCUT2D eigenvalue weighted by atomic mass is 16.5. The SMILES string of the molecule is CC(CCC(=O)O)NC(=O)c1ccc2c(c1)CCO2. The molecule has 0 aromatic heterocycles. The molecule has 0 saturated heterocycles. The monoisotopic (exact) mass is 263 g/mol. The number of carbonyl (C=O) groups is 2. The van der Waals surface area contributed by atoms with E-state index in [4.69, 9.17) is 9.84 Å². The van der Waals surface area contributed by atoms with Crippen molar-refractivity contribution >= 4 is 11.9 Å². The Labute approximate surface area is 111 Å². The Bertz CT molecular complexity index is 498. The van der Waals surface area contributed by atoms with Gasteiger partial charge in [0.1, 0.15) is 5.75 Å². The summed E-state index contributed by atoms with van der Waals surface area (Å²) in [6.45, 7) is 2.47. The van der Waals surface area contributed by atoms with Gasteiger partial charge in [-0.15, -0.1) is 0 Å². The standard InChI is InChI=1S/C14H17NO4/c1-9(2-5-13(16)17)15-14(18)11-3-4-12-10(8-11)6-7-19-12/h3-4,8-9H,2,5-7H2,1H3,(H,15,18)(H,16,17). The van der Waals surface area contributed by atoms with Crippen LogP contribution in [-0.4, -0.2) is 29.6 Å². The number of hydrogen-bond donors (Lipinski definition) is 2. The van der Waals surface area contributed by atoms with E-state index < -0.39 is 5.97 Å². The quantitative estimate of drug-likeness (QED) is 0.846. The molecule has 1 amide bonds. The zero-order valence-electron chi connectivity index (χ0n) is 10.8. The third-order valence-corrected chi connectivity index (χ3v) is 3.12. The normalized spacial score (nSPS) is 14.4. The van der Waals surface area contributed by atoms with Gasteiger partial charge in [0.2, 0.25) is 0 Å². The van der Waals surface area contributed by atoms with Gasteiger partial charge in [0.05, 0.1) is 6.61 Å². The van der Waals surface area contributed by atoms with Crippen LogP contribution in [0.2, 0.25) is 0 Å². The second-order valence-corrected chi connectivity index (χ2v) is 4.73. The summed E-state index contributed by atoms with van der Waals surface area (Å²) in [5.74, 6) is -0.182. The molecular weight excluding hydrogens is 246 g/mol. The van der Waals surface area contributed by atoms with Gasteiger partial charge in [0.25, 0.3) is 5.91 Å². The van der Waals surface area contributed by atoms with E-state index >= 15 is 0 Å². The predicted octanol–water partition coefficient (Wildman–Crippen LogP) is 1.60. The molecule has 1 heterocycles. The molecule has 1 aliphatic rings. The van der Waals surface area contributed by atoms with Crippen molar-refractivity contribution in [1.29, 1.82) is 0 Å².